The van der Waals surface area contributed by atoms with E-state index in [9.17, 15) is 14.3 Å². The Balaban J connectivity index is 1.35. The van der Waals surface area contributed by atoms with Crippen molar-refractivity contribution in [3.63, 3.8) is 0 Å². The van der Waals surface area contributed by atoms with Gasteiger partial charge in [-0.1, -0.05) is 66.6 Å². The molecule has 3 heterocycles. The molecule has 0 spiro atoms. The van der Waals surface area contributed by atoms with Crippen molar-refractivity contribution in [3.05, 3.63) is 77.4 Å². The van der Waals surface area contributed by atoms with Gasteiger partial charge in [0.25, 0.3) is 0 Å². The number of amides is 1. The van der Waals surface area contributed by atoms with Gasteiger partial charge in [0.05, 0.1) is 23.6 Å². The number of oxime groups is 1. The number of β-amino-alcohol motifs (C(OH)–C–C–N with tert-alkyl or cyclic N) is 1. The summed E-state index contributed by atoms with van der Waals surface area (Å²) in [6.45, 7) is 7.95. The van der Waals surface area contributed by atoms with Gasteiger partial charge in [0.2, 0.25) is 5.91 Å². The molecule has 4 atom stereocenters. The molecule has 194 valence electrons. The lowest BCUT2D eigenvalue weighted by Crippen LogP contribution is -2.44. The zero-order valence-corrected chi connectivity index (χ0v) is 21.5. The maximum Gasteiger partial charge on any atom is 0.234 e. The van der Waals surface area contributed by atoms with Crippen molar-refractivity contribution >= 4 is 11.6 Å². The number of aliphatic hydroxyl groups is 1. The van der Waals surface area contributed by atoms with E-state index in [1.54, 1.807) is 23.1 Å². The number of nitrogens with zero attached hydrogens (tertiary/aromatic N) is 3. The fraction of sp³-hybridized carbons (Fsp3) is 0.414. The highest BCUT2D eigenvalue weighted by Gasteiger charge is 2.46. The number of aromatic nitrogens is 1. The first-order valence-corrected chi connectivity index (χ1v) is 12.7. The maximum atomic E-state index is 14.2. The molecule has 2 aromatic carbocycles. The Morgan fingerprint density at radius 2 is 1.92 bits per heavy atom. The summed E-state index contributed by atoms with van der Waals surface area (Å²) in [5, 5.41) is 18.9. The van der Waals surface area contributed by atoms with Crippen LogP contribution >= 0.6 is 0 Å². The van der Waals surface area contributed by atoms with Gasteiger partial charge in [-0.2, -0.15) is 0 Å². The molecule has 0 aliphatic carbocycles. The fourth-order valence-electron chi connectivity index (χ4n) is 5.42. The zero-order valence-electron chi connectivity index (χ0n) is 21.5. The second-order valence-corrected chi connectivity index (χ2v) is 10.6. The van der Waals surface area contributed by atoms with E-state index < -0.39 is 17.6 Å². The first kappa shape index (κ1) is 25.1. The van der Waals surface area contributed by atoms with E-state index in [-0.39, 0.29) is 30.2 Å². The number of likely N-dealkylation sites (tertiary alicyclic amines) is 1. The summed E-state index contributed by atoms with van der Waals surface area (Å²) in [5.74, 6) is -0.373. The highest BCUT2D eigenvalue weighted by atomic mass is 19.1. The van der Waals surface area contributed by atoms with Crippen molar-refractivity contribution in [2.24, 2.45) is 11.1 Å². The van der Waals surface area contributed by atoms with Gasteiger partial charge < -0.3 is 19.4 Å². The molecule has 1 amide bonds. The lowest BCUT2D eigenvalue weighted by Gasteiger charge is -2.29. The lowest BCUT2D eigenvalue weighted by atomic mass is 9.87. The van der Waals surface area contributed by atoms with Gasteiger partial charge in [-0.3, -0.25) is 4.79 Å². The largest absolute Gasteiger partial charge is 0.391 e. The monoisotopic (exact) mass is 505 g/mol. The average molecular weight is 506 g/mol. The average Bonchev–Trinajstić information content (AvgIpc) is 3.58. The number of carbonyl (C=O) groups excluding carboxylic acids is 1. The van der Waals surface area contributed by atoms with E-state index in [1.165, 1.54) is 6.07 Å². The zero-order chi connectivity index (χ0) is 26.3. The molecule has 1 fully saturated rings. The molecule has 1 saturated heterocycles. The van der Waals surface area contributed by atoms with Crippen molar-refractivity contribution in [2.45, 2.75) is 64.2 Å². The van der Waals surface area contributed by atoms with E-state index >= 15 is 0 Å². The molecular weight excluding hydrogens is 473 g/mol. The smallest absolute Gasteiger partial charge is 0.234 e. The minimum Gasteiger partial charge on any atom is -0.391 e. The SMILES string of the molecule is Cc1cc(C(C(=O)N2C[C@H](O)C[C@H]2C2=NO[C@](C)(c3ccc(-c4ccccc4F)cc3)C2)C(C)C)on1. The van der Waals surface area contributed by atoms with Crippen LogP contribution in [0.25, 0.3) is 11.1 Å². The van der Waals surface area contributed by atoms with E-state index in [4.69, 9.17) is 9.36 Å². The molecule has 8 heteroatoms. The van der Waals surface area contributed by atoms with Crippen LogP contribution in [0.2, 0.25) is 0 Å². The third-order valence-corrected chi connectivity index (χ3v) is 7.40. The number of hydrogen-bond donors (Lipinski definition) is 1. The van der Waals surface area contributed by atoms with E-state index in [0.717, 1.165) is 22.5 Å². The molecular formula is C29H32FN3O4. The summed E-state index contributed by atoms with van der Waals surface area (Å²) < 4.78 is 19.7. The highest BCUT2D eigenvalue weighted by Crippen LogP contribution is 2.39. The number of rotatable bonds is 6. The predicted octanol–water partition coefficient (Wildman–Crippen LogP) is 5.18. The van der Waals surface area contributed by atoms with E-state index in [2.05, 4.69) is 10.3 Å². The number of carbonyl (C=O) groups is 1. The third kappa shape index (κ3) is 4.78. The van der Waals surface area contributed by atoms with Gasteiger partial charge in [0, 0.05) is 31.0 Å². The highest BCUT2D eigenvalue weighted by molar-refractivity contribution is 5.96. The summed E-state index contributed by atoms with van der Waals surface area (Å²) in [6.07, 6.45) is 0.227. The molecule has 7 nitrogen and oxygen atoms in total. The topological polar surface area (TPSA) is 88.2 Å². The number of aryl methyl sites for hydroxylation is 1. The Labute approximate surface area is 215 Å². The standard InChI is InChI=1S/C29H32FN3O4/c1-17(2)27(26-13-18(3)31-36-26)28(35)33-16-21(34)14-25(33)24-15-29(4,37-32-24)20-11-9-19(10-12-20)22-7-5-6-8-23(22)30/h5-13,17,21,25,27,34H,14-16H2,1-4H3/t21-,25+,27?,29+/m1/s1. The molecule has 1 N–H and O–H groups in total. The summed E-state index contributed by atoms with van der Waals surface area (Å²) in [4.78, 5) is 21.4. The van der Waals surface area contributed by atoms with Crippen LogP contribution in [0.5, 0.6) is 0 Å². The van der Waals surface area contributed by atoms with Crippen LogP contribution in [0.4, 0.5) is 4.39 Å². The van der Waals surface area contributed by atoms with Crippen LogP contribution in [-0.4, -0.2) is 45.5 Å². The molecule has 2 aliphatic heterocycles. The minimum absolute atomic E-state index is 0.0155. The molecule has 1 unspecified atom stereocenters. The fourth-order valence-corrected chi connectivity index (χ4v) is 5.42. The van der Waals surface area contributed by atoms with Gasteiger partial charge in [0.1, 0.15) is 17.5 Å². The first-order valence-electron chi connectivity index (χ1n) is 12.7. The Kier molecular flexibility index (Phi) is 6.62. The van der Waals surface area contributed by atoms with Crippen molar-refractivity contribution in [2.75, 3.05) is 6.54 Å². The second kappa shape index (κ2) is 9.74. The quantitative estimate of drug-likeness (QED) is 0.499. The van der Waals surface area contributed by atoms with Crippen LogP contribution in [0, 0.1) is 18.7 Å². The molecule has 37 heavy (non-hydrogen) atoms. The van der Waals surface area contributed by atoms with Gasteiger partial charge in [-0.15, -0.1) is 0 Å². The van der Waals surface area contributed by atoms with Gasteiger partial charge in [0.15, 0.2) is 5.60 Å². The number of hydrogen-bond acceptors (Lipinski definition) is 6. The Hall–Kier alpha value is -3.52. The lowest BCUT2D eigenvalue weighted by molar-refractivity contribution is -0.134. The van der Waals surface area contributed by atoms with Crippen LogP contribution in [-0.2, 0) is 15.2 Å². The predicted molar refractivity (Wildman–Crippen MR) is 137 cm³/mol. The molecule has 1 aromatic heterocycles. The van der Waals surface area contributed by atoms with Gasteiger partial charge >= 0.3 is 0 Å². The second-order valence-electron chi connectivity index (χ2n) is 10.6. The summed E-state index contributed by atoms with van der Waals surface area (Å²) >= 11 is 0. The van der Waals surface area contributed by atoms with Crippen LogP contribution < -0.4 is 0 Å². The van der Waals surface area contributed by atoms with Crippen LogP contribution in [0.15, 0.2) is 64.3 Å². The Morgan fingerprint density at radius 3 is 2.57 bits per heavy atom. The number of benzene rings is 2. The van der Waals surface area contributed by atoms with Crippen molar-refractivity contribution in [3.8, 4) is 11.1 Å². The maximum absolute atomic E-state index is 14.2. The first-order chi connectivity index (χ1) is 17.7. The van der Waals surface area contributed by atoms with E-state index in [1.807, 2.05) is 58.0 Å². The Morgan fingerprint density at radius 1 is 1.19 bits per heavy atom. The molecule has 0 radical (unpaired) electrons. The summed E-state index contributed by atoms with van der Waals surface area (Å²) in [6, 6.07) is 15.7. The van der Waals surface area contributed by atoms with Crippen molar-refractivity contribution in [1.82, 2.24) is 10.1 Å². The molecule has 2 aliphatic rings. The summed E-state index contributed by atoms with van der Waals surface area (Å²) in [7, 11) is 0. The van der Waals surface area contributed by atoms with Gasteiger partial charge in [-0.05, 0) is 37.0 Å². The Bertz CT molecular complexity index is 1320. The van der Waals surface area contributed by atoms with Gasteiger partial charge in [-0.25, -0.2) is 4.39 Å². The molecule has 5 rings (SSSR count). The molecule has 0 saturated carbocycles. The number of halogens is 1. The van der Waals surface area contributed by atoms with Crippen molar-refractivity contribution < 1.29 is 23.7 Å². The van der Waals surface area contributed by atoms with Crippen LogP contribution in [0.3, 0.4) is 0 Å². The summed E-state index contributed by atoms with van der Waals surface area (Å²) in [5.41, 5.74) is 2.94. The van der Waals surface area contributed by atoms with Crippen LogP contribution in [0.1, 0.15) is 56.5 Å². The molecule has 0 bridgehead atoms. The minimum atomic E-state index is -0.731. The molecule has 3 aromatic rings. The van der Waals surface area contributed by atoms with E-state index in [0.29, 0.717) is 24.2 Å². The third-order valence-electron chi connectivity index (χ3n) is 7.40. The van der Waals surface area contributed by atoms with Crippen molar-refractivity contribution in [1.29, 1.82) is 0 Å². The number of aliphatic hydroxyl groups excluding tert-OH is 1. The normalized spacial score (nSPS) is 24.3.